The van der Waals surface area contributed by atoms with Crippen molar-refractivity contribution in [2.45, 2.75) is 63.5 Å². The van der Waals surface area contributed by atoms with Gasteiger partial charge in [-0.2, -0.15) is 0 Å². The van der Waals surface area contributed by atoms with E-state index in [1.165, 1.54) is 38.8 Å². The second-order valence-corrected chi connectivity index (χ2v) is 6.67. The molecule has 1 atom stereocenters. The topological polar surface area (TPSA) is 52.7 Å². The zero-order chi connectivity index (χ0) is 14.7. The van der Waals surface area contributed by atoms with Crippen LogP contribution in [0.4, 0.5) is 0 Å². The van der Waals surface area contributed by atoms with Crippen molar-refractivity contribution in [2.75, 3.05) is 26.2 Å². The highest BCUT2D eigenvalue weighted by molar-refractivity contribution is 5.90. The van der Waals surface area contributed by atoms with Crippen LogP contribution in [0.3, 0.4) is 0 Å². The quantitative estimate of drug-likeness (QED) is 0.830. The summed E-state index contributed by atoms with van der Waals surface area (Å²) in [5.41, 5.74) is 0. The van der Waals surface area contributed by atoms with Crippen LogP contribution in [-0.2, 0) is 9.59 Å². The number of hydrogen-bond acceptors (Lipinski definition) is 3. The molecule has 2 amide bonds. The maximum absolute atomic E-state index is 12.4. The van der Waals surface area contributed by atoms with Crippen LogP contribution >= 0.6 is 0 Å². The largest absolute Gasteiger partial charge is 0.344 e. The highest BCUT2D eigenvalue weighted by Gasteiger charge is 2.33. The first-order valence-corrected chi connectivity index (χ1v) is 8.56. The van der Waals surface area contributed by atoms with E-state index in [0.29, 0.717) is 18.9 Å². The molecule has 0 saturated carbocycles. The van der Waals surface area contributed by atoms with Gasteiger partial charge >= 0.3 is 0 Å². The van der Waals surface area contributed by atoms with Crippen LogP contribution in [0, 0.1) is 0 Å². The van der Waals surface area contributed by atoms with Crippen molar-refractivity contribution in [1.82, 2.24) is 15.1 Å². The van der Waals surface area contributed by atoms with Crippen LogP contribution in [0.1, 0.15) is 51.4 Å². The standard InChI is InChI=1S/C16H27N3O2/c20-15-6-5-14(17-15)16(21)19-11-7-13(8-12-19)18-9-3-1-2-4-10-18/h13-14H,1-12H2,(H,17,20). The molecule has 3 fully saturated rings. The van der Waals surface area contributed by atoms with Gasteiger partial charge in [0.05, 0.1) is 0 Å². The molecule has 3 rings (SSSR count). The fourth-order valence-electron chi connectivity index (χ4n) is 3.93. The molecule has 0 aliphatic carbocycles. The van der Waals surface area contributed by atoms with Gasteiger partial charge in [-0.25, -0.2) is 0 Å². The van der Waals surface area contributed by atoms with Crippen molar-refractivity contribution >= 4 is 11.8 Å². The Morgan fingerprint density at radius 3 is 2.19 bits per heavy atom. The van der Waals surface area contributed by atoms with Gasteiger partial charge in [0.25, 0.3) is 0 Å². The molecule has 1 N–H and O–H groups in total. The van der Waals surface area contributed by atoms with Crippen molar-refractivity contribution < 1.29 is 9.59 Å². The summed E-state index contributed by atoms with van der Waals surface area (Å²) in [6.45, 7) is 4.17. The number of likely N-dealkylation sites (tertiary alicyclic amines) is 2. The molecule has 3 aliphatic heterocycles. The van der Waals surface area contributed by atoms with Crippen molar-refractivity contribution in [2.24, 2.45) is 0 Å². The van der Waals surface area contributed by atoms with Gasteiger partial charge in [0, 0.05) is 25.6 Å². The second-order valence-electron chi connectivity index (χ2n) is 6.67. The Morgan fingerprint density at radius 1 is 0.952 bits per heavy atom. The van der Waals surface area contributed by atoms with E-state index in [0.717, 1.165) is 25.9 Å². The molecule has 0 aromatic rings. The smallest absolute Gasteiger partial charge is 0.245 e. The van der Waals surface area contributed by atoms with Gasteiger partial charge in [-0.1, -0.05) is 12.8 Å². The second kappa shape index (κ2) is 6.77. The van der Waals surface area contributed by atoms with Gasteiger partial charge in [-0.15, -0.1) is 0 Å². The Morgan fingerprint density at radius 2 is 1.62 bits per heavy atom. The SMILES string of the molecule is O=C1CCC(C(=O)N2CCC(N3CCCCCC3)CC2)N1. The maximum atomic E-state index is 12.4. The fourth-order valence-corrected chi connectivity index (χ4v) is 3.93. The first-order valence-electron chi connectivity index (χ1n) is 8.56. The minimum atomic E-state index is -0.257. The molecule has 1 unspecified atom stereocenters. The molecule has 0 radical (unpaired) electrons. The number of nitrogens with zero attached hydrogens (tertiary/aromatic N) is 2. The van der Waals surface area contributed by atoms with E-state index in [-0.39, 0.29) is 17.9 Å². The lowest BCUT2D eigenvalue weighted by Gasteiger charge is -2.38. The molecule has 3 heterocycles. The van der Waals surface area contributed by atoms with Gasteiger partial charge in [-0.05, 0) is 45.2 Å². The minimum Gasteiger partial charge on any atom is -0.344 e. The average molecular weight is 293 g/mol. The van der Waals surface area contributed by atoms with Crippen LogP contribution in [0.15, 0.2) is 0 Å². The van der Waals surface area contributed by atoms with Crippen LogP contribution in [0.25, 0.3) is 0 Å². The van der Waals surface area contributed by atoms with E-state index in [9.17, 15) is 9.59 Å². The molecule has 0 spiro atoms. The molecule has 3 aliphatic rings. The average Bonchev–Trinajstić information content (AvgIpc) is 2.77. The Kier molecular flexibility index (Phi) is 4.78. The molecular weight excluding hydrogens is 266 g/mol. The highest BCUT2D eigenvalue weighted by Crippen LogP contribution is 2.22. The van der Waals surface area contributed by atoms with Crippen LogP contribution in [0.5, 0.6) is 0 Å². The van der Waals surface area contributed by atoms with E-state index >= 15 is 0 Å². The lowest BCUT2D eigenvalue weighted by Crippen LogP contribution is -2.51. The Labute approximate surface area is 127 Å². The Bertz CT molecular complexity index is 383. The zero-order valence-corrected chi connectivity index (χ0v) is 12.9. The third-order valence-corrected chi connectivity index (χ3v) is 5.23. The predicted molar refractivity (Wildman–Crippen MR) is 80.8 cm³/mol. The van der Waals surface area contributed by atoms with Crippen molar-refractivity contribution in [3.05, 3.63) is 0 Å². The molecule has 0 aromatic heterocycles. The Balaban J connectivity index is 1.48. The van der Waals surface area contributed by atoms with E-state index in [1.54, 1.807) is 0 Å². The first kappa shape index (κ1) is 14.8. The number of hydrogen-bond donors (Lipinski definition) is 1. The number of nitrogens with one attached hydrogen (secondary N) is 1. The van der Waals surface area contributed by atoms with Crippen molar-refractivity contribution in [3.63, 3.8) is 0 Å². The summed E-state index contributed by atoms with van der Waals surface area (Å²) in [6.07, 6.45) is 8.74. The number of rotatable bonds is 2. The number of carbonyl (C=O) groups excluding carboxylic acids is 2. The summed E-state index contributed by atoms with van der Waals surface area (Å²) in [5, 5.41) is 2.79. The molecule has 0 aromatic carbocycles. The molecular formula is C16H27N3O2. The fraction of sp³-hybridized carbons (Fsp3) is 0.875. The third kappa shape index (κ3) is 3.57. The van der Waals surface area contributed by atoms with Crippen LogP contribution < -0.4 is 5.32 Å². The van der Waals surface area contributed by atoms with E-state index in [4.69, 9.17) is 0 Å². The molecule has 5 nitrogen and oxygen atoms in total. The van der Waals surface area contributed by atoms with Crippen molar-refractivity contribution in [1.29, 1.82) is 0 Å². The van der Waals surface area contributed by atoms with Gasteiger partial charge in [0.15, 0.2) is 0 Å². The van der Waals surface area contributed by atoms with E-state index in [2.05, 4.69) is 10.2 Å². The van der Waals surface area contributed by atoms with Gasteiger partial charge in [-0.3, -0.25) is 9.59 Å². The normalized spacial score (nSPS) is 29.2. The van der Waals surface area contributed by atoms with Gasteiger partial charge in [0.1, 0.15) is 6.04 Å². The Hall–Kier alpha value is -1.10. The van der Waals surface area contributed by atoms with Crippen molar-refractivity contribution in [3.8, 4) is 0 Å². The summed E-state index contributed by atoms with van der Waals surface area (Å²) in [7, 11) is 0. The lowest BCUT2D eigenvalue weighted by molar-refractivity contribution is -0.135. The van der Waals surface area contributed by atoms with E-state index < -0.39 is 0 Å². The maximum Gasteiger partial charge on any atom is 0.245 e. The van der Waals surface area contributed by atoms with Gasteiger partial charge in [0.2, 0.25) is 11.8 Å². The summed E-state index contributed by atoms with van der Waals surface area (Å²) in [4.78, 5) is 28.2. The molecule has 0 bridgehead atoms. The van der Waals surface area contributed by atoms with E-state index in [1.807, 2.05) is 4.90 Å². The van der Waals surface area contributed by atoms with Crippen LogP contribution in [-0.4, -0.2) is 59.9 Å². The minimum absolute atomic E-state index is 0.0211. The molecule has 3 saturated heterocycles. The predicted octanol–water partition coefficient (Wildman–Crippen LogP) is 1.13. The zero-order valence-electron chi connectivity index (χ0n) is 12.9. The molecule has 5 heteroatoms. The summed E-state index contributed by atoms with van der Waals surface area (Å²) in [6, 6.07) is 0.401. The van der Waals surface area contributed by atoms with Gasteiger partial charge < -0.3 is 15.1 Å². The summed E-state index contributed by atoms with van der Waals surface area (Å²) < 4.78 is 0. The highest BCUT2D eigenvalue weighted by atomic mass is 16.2. The first-order chi connectivity index (χ1) is 10.2. The summed E-state index contributed by atoms with van der Waals surface area (Å²) >= 11 is 0. The molecule has 21 heavy (non-hydrogen) atoms. The van der Waals surface area contributed by atoms with Crippen LogP contribution in [0.2, 0.25) is 0 Å². The lowest BCUT2D eigenvalue weighted by atomic mass is 10.0. The number of amides is 2. The monoisotopic (exact) mass is 293 g/mol. The third-order valence-electron chi connectivity index (χ3n) is 5.23. The summed E-state index contributed by atoms with van der Waals surface area (Å²) in [5.74, 6) is 0.156. The number of carbonyl (C=O) groups is 2. The number of piperidine rings is 1. The molecule has 118 valence electrons.